The predicted molar refractivity (Wildman–Crippen MR) is 110 cm³/mol. The number of rotatable bonds is 2. The number of esters is 1. The molecule has 5 nitrogen and oxygen atoms in total. The van der Waals surface area contributed by atoms with Crippen LogP contribution < -0.4 is 14.8 Å². The quantitative estimate of drug-likeness (QED) is 0.774. The third-order valence-electron chi connectivity index (χ3n) is 4.18. The molecule has 0 radical (unpaired) electrons. The molecule has 0 amide bonds. The number of phenols is 1. The summed E-state index contributed by atoms with van der Waals surface area (Å²) in [5.41, 5.74) is 1.72. The Morgan fingerprint density at radius 3 is 2.07 bits per heavy atom. The second-order valence-electron chi connectivity index (χ2n) is 8.56. The van der Waals surface area contributed by atoms with Crippen LogP contribution in [0.1, 0.15) is 58.2 Å². The number of ether oxygens (including phenoxy) is 1. The van der Waals surface area contributed by atoms with Crippen molar-refractivity contribution in [2.75, 3.05) is 7.11 Å². The molecule has 6 heteroatoms. The lowest BCUT2D eigenvalue weighted by Crippen LogP contribution is -2.21. The van der Waals surface area contributed by atoms with Gasteiger partial charge in [-0.25, -0.2) is 4.79 Å². The normalized spacial score (nSPS) is 13.9. The van der Waals surface area contributed by atoms with E-state index in [0.29, 0.717) is 14.9 Å². The van der Waals surface area contributed by atoms with Crippen LogP contribution in [0.5, 0.6) is 5.75 Å². The van der Waals surface area contributed by atoms with E-state index in [-0.39, 0.29) is 16.4 Å². The predicted octanol–water partition coefficient (Wildman–Crippen LogP) is 2.52. The molecule has 0 aliphatic carbocycles. The molecule has 0 bridgehead atoms. The summed E-state index contributed by atoms with van der Waals surface area (Å²) in [5, 5.41) is 10.8. The Labute approximate surface area is 163 Å². The standard InChI is InChI=1S/C21H27NO4S/c1-20(2,3)13-8-12(9-14(18(13)24)21(4,5)6)10-15-19(25)22-16(27-15)11-17(23)26-7/h8-11,24H,1-7H3,(H,22,25). The number of carbonyl (C=O) groups excluding carboxylic acids is 1. The summed E-state index contributed by atoms with van der Waals surface area (Å²) >= 11 is 1.19. The van der Waals surface area contributed by atoms with Gasteiger partial charge < -0.3 is 14.8 Å². The number of hydrogen-bond acceptors (Lipinski definition) is 5. The molecule has 146 valence electrons. The molecule has 0 atom stereocenters. The molecule has 1 heterocycles. The fourth-order valence-electron chi connectivity index (χ4n) is 2.73. The zero-order valence-electron chi connectivity index (χ0n) is 16.9. The van der Waals surface area contributed by atoms with Crippen molar-refractivity contribution >= 4 is 29.5 Å². The Hall–Kier alpha value is -2.34. The Balaban J connectivity index is 2.74. The largest absolute Gasteiger partial charge is 0.507 e. The lowest BCUT2D eigenvalue weighted by Gasteiger charge is -2.27. The average Bonchev–Trinajstić information content (AvgIpc) is 2.85. The van der Waals surface area contributed by atoms with Gasteiger partial charge in [0, 0.05) is 11.1 Å². The number of aromatic hydroxyl groups is 1. The molecule has 0 aliphatic rings. The first kappa shape index (κ1) is 21.0. The topological polar surface area (TPSA) is 79.4 Å². The first-order valence-corrected chi connectivity index (χ1v) is 9.53. The molecule has 2 N–H and O–H groups in total. The van der Waals surface area contributed by atoms with E-state index in [9.17, 15) is 14.7 Å². The fourth-order valence-corrected chi connectivity index (χ4v) is 3.60. The van der Waals surface area contributed by atoms with Gasteiger partial charge in [0.05, 0.1) is 17.7 Å². The summed E-state index contributed by atoms with van der Waals surface area (Å²) < 4.78 is 5.51. The van der Waals surface area contributed by atoms with E-state index >= 15 is 0 Å². The number of thiazole rings is 1. The van der Waals surface area contributed by atoms with Gasteiger partial charge in [-0.2, -0.15) is 0 Å². The first-order valence-electron chi connectivity index (χ1n) is 8.71. The third kappa shape index (κ3) is 4.89. The Morgan fingerprint density at radius 1 is 1.11 bits per heavy atom. The molecule has 0 aliphatic heterocycles. The van der Waals surface area contributed by atoms with E-state index in [0.717, 1.165) is 16.7 Å². The van der Waals surface area contributed by atoms with E-state index in [1.54, 1.807) is 6.08 Å². The maximum Gasteiger partial charge on any atom is 0.333 e. The summed E-state index contributed by atoms with van der Waals surface area (Å²) in [5.74, 6) is -0.222. The second kappa shape index (κ2) is 7.35. The number of hydrogen-bond donors (Lipinski definition) is 2. The maximum absolute atomic E-state index is 12.2. The lowest BCUT2D eigenvalue weighted by molar-refractivity contribution is -0.133. The summed E-state index contributed by atoms with van der Waals surface area (Å²) in [4.78, 5) is 26.3. The van der Waals surface area contributed by atoms with Gasteiger partial charge in [0.2, 0.25) is 0 Å². The van der Waals surface area contributed by atoms with Crippen LogP contribution in [-0.4, -0.2) is 23.2 Å². The van der Waals surface area contributed by atoms with Gasteiger partial charge >= 0.3 is 5.97 Å². The minimum absolute atomic E-state index is 0.250. The highest BCUT2D eigenvalue weighted by Gasteiger charge is 2.26. The molecule has 0 saturated carbocycles. The highest BCUT2D eigenvalue weighted by atomic mass is 32.1. The Bertz CT molecular complexity index is 995. The number of carbonyl (C=O) groups is 1. The SMILES string of the molecule is COC(=O)C=c1[nH]c(=O)c(=Cc2cc(C(C)(C)C)c(O)c(C(C)(C)C)c2)s1. The summed E-state index contributed by atoms with van der Waals surface area (Å²) in [6.45, 7) is 12.2. The van der Waals surface area contributed by atoms with E-state index in [1.807, 2.05) is 53.7 Å². The van der Waals surface area contributed by atoms with Gasteiger partial charge in [-0.15, -0.1) is 11.3 Å². The average molecular weight is 390 g/mol. The van der Waals surface area contributed by atoms with Gasteiger partial charge in [0.1, 0.15) is 10.4 Å². The van der Waals surface area contributed by atoms with Gasteiger partial charge in [0.25, 0.3) is 5.56 Å². The molecule has 1 aromatic carbocycles. The summed E-state index contributed by atoms with van der Waals surface area (Å²) in [7, 11) is 1.29. The van der Waals surface area contributed by atoms with Crippen molar-refractivity contribution in [3.63, 3.8) is 0 Å². The van der Waals surface area contributed by atoms with E-state index in [2.05, 4.69) is 9.72 Å². The molecule has 0 saturated heterocycles. The minimum atomic E-state index is -0.520. The van der Waals surface area contributed by atoms with E-state index in [4.69, 9.17) is 0 Å². The Morgan fingerprint density at radius 2 is 1.63 bits per heavy atom. The monoisotopic (exact) mass is 389 g/mol. The van der Waals surface area contributed by atoms with Crippen molar-refractivity contribution in [2.24, 2.45) is 0 Å². The minimum Gasteiger partial charge on any atom is -0.507 e. The molecule has 2 rings (SSSR count). The van der Waals surface area contributed by atoms with Gasteiger partial charge in [-0.05, 0) is 34.6 Å². The number of methoxy groups -OCH3 is 1. The van der Waals surface area contributed by atoms with E-state index in [1.165, 1.54) is 24.5 Å². The van der Waals surface area contributed by atoms with Gasteiger partial charge in [0.15, 0.2) is 0 Å². The van der Waals surface area contributed by atoms with Crippen LogP contribution >= 0.6 is 11.3 Å². The van der Waals surface area contributed by atoms with Crippen molar-refractivity contribution in [1.82, 2.24) is 4.98 Å². The molecule has 0 spiro atoms. The maximum atomic E-state index is 12.2. The highest BCUT2D eigenvalue weighted by molar-refractivity contribution is 7.07. The molecular formula is C21H27NO4S. The molecule has 2 aromatic rings. The highest BCUT2D eigenvalue weighted by Crippen LogP contribution is 2.39. The second-order valence-corrected chi connectivity index (χ2v) is 9.64. The van der Waals surface area contributed by atoms with Crippen LogP contribution in [0.2, 0.25) is 0 Å². The van der Waals surface area contributed by atoms with Gasteiger partial charge in [-0.3, -0.25) is 4.79 Å². The van der Waals surface area contributed by atoms with Crippen LogP contribution in [0.25, 0.3) is 12.2 Å². The van der Waals surface area contributed by atoms with E-state index < -0.39 is 5.97 Å². The molecular weight excluding hydrogens is 362 g/mol. The van der Waals surface area contributed by atoms with Crippen LogP contribution in [-0.2, 0) is 20.4 Å². The zero-order valence-corrected chi connectivity index (χ0v) is 17.7. The van der Waals surface area contributed by atoms with Crippen molar-refractivity contribution in [2.45, 2.75) is 52.4 Å². The number of aromatic amines is 1. The van der Waals surface area contributed by atoms with Crippen molar-refractivity contribution < 1.29 is 14.6 Å². The van der Waals surface area contributed by atoms with Crippen LogP contribution in [0.3, 0.4) is 0 Å². The van der Waals surface area contributed by atoms with Crippen molar-refractivity contribution in [3.8, 4) is 5.75 Å². The smallest absolute Gasteiger partial charge is 0.333 e. The summed E-state index contributed by atoms with van der Waals surface area (Å²) in [6, 6.07) is 3.82. The molecule has 27 heavy (non-hydrogen) atoms. The van der Waals surface area contributed by atoms with Crippen molar-refractivity contribution in [3.05, 3.63) is 48.4 Å². The van der Waals surface area contributed by atoms with Crippen LogP contribution in [0.4, 0.5) is 0 Å². The van der Waals surface area contributed by atoms with Crippen LogP contribution in [0, 0.1) is 0 Å². The number of phenolic OH excluding ortho intramolecular Hbond substituents is 1. The first-order chi connectivity index (χ1) is 12.3. The number of aromatic nitrogens is 1. The molecule has 1 aromatic heterocycles. The molecule has 0 unspecified atom stereocenters. The third-order valence-corrected chi connectivity index (χ3v) is 5.14. The summed E-state index contributed by atoms with van der Waals surface area (Å²) in [6.07, 6.45) is 3.03. The lowest BCUT2D eigenvalue weighted by atomic mass is 9.78. The number of benzene rings is 1. The Kier molecular flexibility index (Phi) is 5.71. The zero-order chi connectivity index (χ0) is 20.6. The number of nitrogens with one attached hydrogen (secondary N) is 1. The number of H-pyrrole nitrogens is 1. The van der Waals surface area contributed by atoms with Crippen LogP contribution in [0.15, 0.2) is 16.9 Å². The van der Waals surface area contributed by atoms with Crippen molar-refractivity contribution in [1.29, 1.82) is 0 Å². The molecule has 0 fully saturated rings. The fraction of sp³-hybridized carbons (Fsp3) is 0.429. The van der Waals surface area contributed by atoms with Gasteiger partial charge in [-0.1, -0.05) is 41.5 Å².